The molecule has 21 heavy (non-hydrogen) atoms. The lowest BCUT2D eigenvalue weighted by Crippen LogP contribution is -2.41. The summed E-state index contributed by atoms with van der Waals surface area (Å²) in [5.41, 5.74) is 5.70. The van der Waals surface area contributed by atoms with Gasteiger partial charge in [0.2, 0.25) is 0 Å². The molecule has 0 amide bonds. The van der Waals surface area contributed by atoms with Gasteiger partial charge in [0.05, 0.1) is 0 Å². The first-order valence-corrected chi connectivity index (χ1v) is 7.80. The van der Waals surface area contributed by atoms with E-state index in [1.807, 2.05) is 0 Å². The number of unbranched alkanes of at least 4 members (excludes halogenated alkanes) is 1. The SMILES string of the molecule is CCCCn1c(N)c(NCC(CC)CC)c(=O)n(C)c1=O. The molecule has 0 aliphatic rings. The molecule has 0 spiro atoms. The van der Waals surface area contributed by atoms with E-state index in [1.165, 1.54) is 11.6 Å². The lowest BCUT2D eigenvalue weighted by Gasteiger charge is -2.18. The molecule has 0 unspecified atom stereocenters. The first-order chi connectivity index (χ1) is 9.97. The number of nitrogens with two attached hydrogens (primary N) is 1. The van der Waals surface area contributed by atoms with E-state index in [4.69, 9.17) is 5.73 Å². The highest BCUT2D eigenvalue weighted by molar-refractivity contribution is 5.60. The maximum absolute atomic E-state index is 12.2. The van der Waals surface area contributed by atoms with Crippen LogP contribution in [0.15, 0.2) is 9.59 Å². The average Bonchev–Trinajstić information content (AvgIpc) is 2.49. The Balaban J connectivity index is 3.16. The lowest BCUT2D eigenvalue weighted by atomic mass is 10.0. The van der Waals surface area contributed by atoms with Crippen molar-refractivity contribution in [3.63, 3.8) is 0 Å². The second kappa shape index (κ2) is 7.90. The Bertz CT molecular complexity index is 570. The third-order valence-electron chi connectivity index (χ3n) is 4.04. The molecule has 0 aliphatic carbocycles. The quantitative estimate of drug-likeness (QED) is 0.766. The highest BCUT2D eigenvalue weighted by Crippen LogP contribution is 2.14. The Labute approximate surface area is 126 Å². The van der Waals surface area contributed by atoms with Crippen molar-refractivity contribution in [2.75, 3.05) is 17.6 Å². The molecular weight excluding hydrogens is 268 g/mol. The molecule has 1 heterocycles. The molecule has 0 saturated carbocycles. The number of nitrogens with one attached hydrogen (secondary N) is 1. The topological polar surface area (TPSA) is 82.0 Å². The molecule has 0 aliphatic heterocycles. The predicted octanol–water partition coefficient (Wildman–Crippen LogP) is 1.78. The van der Waals surface area contributed by atoms with Gasteiger partial charge in [0.25, 0.3) is 5.56 Å². The van der Waals surface area contributed by atoms with E-state index < -0.39 is 0 Å². The summed E-state index contributed by atoms with van der Waals surface area (Å²) >= 11 is 0. The fraction of sp³-hybridized carbons (Fsp3) is 0.733. The fourth-order valence-electron chi connectivity index (χ4n) is 2.31. The molecule has 0 fully saturated rings. The van der Waals surface area contributed by atoms with E-state index in [2.05, 4.69) is 26.1 Å². The fourth-order valence-corrected chi connectivity index (χ4v) is 2.31. The smallest absolute Gasteiger partial charge is 0.332 e. The summed E-state index contributed by atoms with van der Waals surface area (Å²) in [5.74, 6) is 0.743. The maximum atomic E-state index is 12.2. The van der Waals surface area contributed by atoms with Crippen LogP contribution in [-0.4, -0.2) is 15.7 Å². The van der Waals surface area contributed by atoms with Crippen LogP contribution < -0.4 is 22.3 Å². The van der Waals surface area contributed by atoms with Crippen LogP contribution in [0, 0.1) is 5.92 Å². The van der Waals surface area contributed by atoms with Crippen molar-refractivity contribution in [1.82, 2.24) is 9.13 Å². The van der Waals surface area contributed by atoms with Crippen molar-refractivity contribution in [2.45, 2.75) is 53.0 Å². The first-order valence-electron chi connectivity index (χ1n) is 7.80. The van der Waals surface area contributed by atoms with Crippen molar-refractivity contribution in [3.05, 3.63) is 20.8 Å². The molecule has 1 aromatic heterocycles. The van der Waals surface area contributed by atoms with Gasteiger partial charge < -0.3 is 11.1 Å². The zero-order chi connectivity index (χ0) is 16.0. The molecule has 1 aromatic rings. The molecule has 0 saturated heterocycles. The standard InChI is InChI=1S/C15H28N4O2/c1-5-8-9-19-13(16)12(14(20)18(4)15(19)21)17-10-11(6-2)7-3/h11,17H,5-10,16H2,1-4H3. The summed E-state index contributed by atoms with van der Waals surface area (Å²) in [6, 6.07) is 0. The van der Waals surface area contributed by atoms with E-state index in [-0.39, 0.29) is 17.1 Å². The molecule has 120 valence electrons. The summed E-state index contributed by atoms with van der Waals surface area (Å²) in [7, 11) is 1.49. The summed E-state index contributed by atoms with van der Waals surface area (Å²) in [6.45, 7) is 7.53. The second-order valence-electron chi connectivity index (χ2n) is 5.48. The maximum Gasteiger partial charge on any atom is 0.332 e. The number of anilines is 2. The number of hydrogen-bond donors (Lipinski definition) is 2. The molecule has 1 rings (SSSR count). The van der Waals surface area contributed by atoms with E-state index in [1.54, 1.807) is 0 Å². The molecule has 0 bridgehead atoms. The molecule has 0 aromatic carbocycles. The van der Waals surface area contributed by atoms with E-state index in [0.29, 0.717) is 24.7 Å². The zero-order valence-electron chi connectivity index (χ0n) is 13.6. The normalized spacial score (nSPS) is 11.1. The molecule has 0 atom stereocenters. The van der Waals surface area contributed by atoms with Gasteiger partial charge in [0, 0.05) is 20.1 Å². The van der Waals surface area contributed by atoms with Gasteiger partial charge in [-0.1, -0.05) is 40.0 Å². The predicted molar refractivity (Wildman–Crippen MR) is 87.8 cm³/mol. The van der Waals surface area contributed by atoms with Crippen molar-refractivity contribution < 1.29 is 0 Å². The van der Waals surface area contributed by atoms with Gasteiger partial charge in [-0.25, -0.2) is 4.79 Å². The van der Waals surface area contributed by atoms with Crippen molar-refractivity contribution in [1.29, 1.82) is 0 Å². The Morgan fingerprint density at radius 2 is 1.81 bits per heavy atom. The highest BCUT2D eigenvalue weighted by atomic mass is 16.2. The van der Waals surface area contributed by atoms with Crippen LogP contribution in [0.2, 0.25) is 0 Å². The molecule has 6 nitrogen and oxygen atoms in total. The van der Waals surface area contributed by atoms with E-state index in [0.717, 1.165) is 30.3 Å². The van der Waals surface area contributed by atoms with Gasteiger partial charge in [0.15, 0.2) is 0 Å². The highest BCUT2D eigenvalue weighted by Gasteiger charge is 2.15. The number of nitrogens with zero attached hydrogens (tertiary/aromatic N) is 2. The molecule has 0 radical (unpaired) electrons. The van der Waals surface area contributed by atoms with Gasteiger partial charge in [-0.3, -0.25) is 13.9 Å². The van der Waals surface area contributed by atoms with Crippen LogP contribution >= 0.6 is 0 Å². The average molecular weight is 296 g/mol. The van der Waals surface area contributed by atoms with Gasteiger partial charge in [-0.2, -0.15) is 0 Å². The van der Waals surface area contributed by atoms with Crippen LogP contribution in [0.25, 0.3) is 0 Å². The number of nitrogen functional groups attached to an aromatic ring is 1. The zero-order valence-corrected chi connectivity index (χ0v) is 13.6. The van der Waals surface area contributed by atoms with Gasteiger partial charge in [-0.15, -0.1) is 0 Å². The van der Waals surface area contributed by atoms with Crippen LogP contribution in [0.3, 0.4) is 0 Å². The Morgan fingerprint density at radius 1 is 1.19 bits per heavy atom. The summed E-state index contributed by atoms with van der Waals surface area (Å²) in [4.78, 5) is 24.4. The van der Waals surface area contributed by atoms with Crippen LogP contribution in [-0.2, 0) is 13.6 Å². The third-order valence-corrected chi connectivity index (χ3v) is 4.04. The summed E-state index contributed by atoms with van der Waals surface area (Å²) < 4.78 is 2.61. The molecule has 6 heteroatoms. The second-order valence-corrected chi connectivity index (χ2v) is 5.48. The number of aromatic nitrogens is 2. The van der Waals surface area contributed by atoms with Gasteiger partial charge >= 0.3 is 5.69 Å². The lowest BCUT2D eigenvalue weighted by molar-refractivity contribution is 0.517. The summed E-state index contributed by atoms with van der Waals surface area (Å²) in [5, 5.41) is 3.15. The Morgan fingerprint density at radius 3 is 2.33 bits per heavy atom. The monoisotopic (exact) mass is 296 g/mol. The minimum absolute atomic E-state index is 0.252. The summed E-state index contributed by atoms with van der Waals surface area (Å²) in [6.07, 6.45) is 3.90. The van der Waals surface area contributed by atoms with Crippen LogP contribution in [0.4, 0.5) is 11.5 Å². The van der Waals surface area contributed by atoms with E-state index >= 15 is 0 Å². The third kappa shape index (κ3) is 3.89. The molecule has 3 N–H and O–H groups in total. The van der Waals surface area contributed by atoms with Gasteiger partial charge in [-0.05, 0) is 12.3 Å². The van der Waals surface area contributed by atoms with Crippen LogP contribution in [0.5, 0.6) is 0 Å². The molecular formula is C15H28N4O2. The Hall–Kier alpha value is -1.72. The van der Waals surface area contributed by atoms with Crippen LogP contribution in [0.1, 0.15) is 46.5 Å². The minimum atomic E-state index is -0.351. The number of rotatable bonds is 8. The largest absolute Gasteiger partial charge is 0.383 e. The Kier molecular flexibility index (Phi) is 6.52. The minimum Gasteiger partial charge on any atom is -0.383 e. The van der Waals surface area contributed by atoms with Crippen molar-refractivity contribution in [3.8, 4) is 0 Å². The van der Waals surface area contributed by atoms with E-state index in [9.17, 15) is 9.59 Å². The van der Waals surface area contributed by atoms with Crippen molar-refractivity contribution in [2.24, 2.45) is 13.0 Å². The van der Waals surface area contributed by atoms with Crippen molar-refractivity contribution >= 4 is 11.5 Å². The first kappa shape index (κ1) is 17.3. The van der Waals surface area contributed by atoms with Gasteiger partial charge in [0.1, 0.15) is 11.5 Å². The number of hydrogen-bond acceptors (Lipinski definition) is 4.